The minimum Gasteiger partial charge on any atom is -0.339 e. The number of alkyl halides is 3. The lowest BCUT2D eigenvalue weighted by Crippen LogP contribution is -2.56. The molecular formula is C16H12BrCl4N3OS. The molecule has 2 aromatic carbocycles. The molecule has 0 aromatic heterocycles. The Labute approximate surface area is 184 Å². The number of nitrogens with one attached hydrogen (secondary N) is 3. The summed E-state index contributed by atoms with van der Waals surface area (Å²) in [6.07, 6.45) is -1.08. The van der Waals surface area contributed by atoms with E-state index in [9.17, 15) is 4.79 Å². The average molecular weight is 516 g/mol. The molecule has 0 radical (unpaired) electrons. The van der Waals surface area contributed by atoms with Crippen molar-refractivity contribution in [1.82, 2.24) is 10.6 Å². The summed E-state index contributed by atoms with van der Waals surface area (Å²) in [7, 11) is 0. The smallest absolute Gasteiger partial charge is 0.253 e. The third-order valence-corrected chi connectivity index (χ3v) is 4.78. The van der Waals surface area contributed by atoms with Crippen LogP contribution in [0.2, 0.25) is 5.02 Å². The Bertz CT molecular complexity index is 816. The molecule has 0 aliphatic rings. The summed E-state index contributed by atoms with van der Waals surface area (Å²) in [4.78, 5) is 12.4. The fraction of sp³-hybridized carbons (Fsp3) is 0.125. The largest absolute Gasteiger partial charge is 0.339 e. The van der Waals surface area contributed by atoms with E-state index < -0.39 is 15.9 Å². The van der Waals surface area contributed by atoms with Gasteiger partial charge in [-0.3, -0.25) is 4.79 Å². The molecule has 1 atom stereocenters. The molecule has 26 heavy (non-hydrogen) atoms. The Morgan fingerprint density at radius 3 is 2.38 bits per heavy atom. The third-order valence-electron chi connectivity index (χ3n) is 3.09. The van der Waals surface area contributed by atoms with E-state index in [1.807, 2.05) is 0 Å². The SMILES string of the molecule is O=C(NC(NC(=S)Nc1ccccc1Cl)C(Cl)(Cl)Cl)c1cccc(Br)c1. The van der Waals surface area contributed by atoms with Crippen molar-refractivity contribution in [3.63, 3.8) is 0 Å². The highest BCUT2D eigenvalue weighted by Crippen LogP contribution is 2.29. The maximum absolute atomic E-state index is 12.4. The Morgan fingerprint density at radius 2 is 1.77 bits per heavy atom. The molecule has 1 amide bonds. The van der Waals surface area contributed by atoms with Crippen LogP contribution < -0.4 is 16.0 Å². The van der Waals surface area contributed by atoms with Gasteiger partial charge in [-0.1, -0.05) is 80.5 Å². The van der Waals surface area contributed by atoms with E-state index >= 15 is 0 Å². The van der Waals surface area contributed by atoms with Gasteiger partial charge in [0.2, 0.25) is 3.79 Å². The number of hydrogen-bond acceptors (Lipinski definition) is 2. The molecule has 2 aromatic rings. The van der Waals surface area contributed by atoms with Crippen molar-refractivity contribution >= 4 is 91.3 Å². The lowest BCUT2D eigenvalue weighted by atomic mass is 10.2. The number of thiocarbonyl (C=S) groups is 1. The number of anilines is 1. The predicted molar refractivity (Wildman–Crippen MR) is 116 cm³/mol. The van der Waals surface area contributed by atoms with Gasteiger partial charge in [0, 0.05) is 10.0 Å². The molecule has 3 N–H and O–H groups in total. The number of rotatable bonds is 4. The summed E-state index contributed by atoms with van der Waals surface area (Å²) >= 11 is 32.5. The number of hydrogen-bond donors (Lipinski definition) is 3. The summed E-state index contributed by atoms with van der Waals surface area (Å²) in [6, 6.07) is 13.8. The molecule has 0 bridgehead atoms. The first-order valence-corrected chi connectivity index (χ1v) is 9.83. The zero-order chi connectivity index (χ0) is 19.3. The van der Waals surface area contributed by atoms with Crippen molar-refractivity contribution in [2.45, 2.75) is 9.96 Å². The number of carbonyl (C=O) groups is 1. The Kier molecular flexibility index (Phi) is 7.82. The van der Waals surface area contributed by atoms with Crippen LogP contribution in [0.4, 0.5) is 5.69 Å². The van der Waals surface area contributed by atoms with E-state index in [1.54, 1.807) is 48.5 Å². The van der Waals surface area contributed by atoms with Gasteiger partial charge in [-0.05, 0) is 42.5 Å². The van der Waals surface area contributed by atoms with Gasteiger partial charge in [0.1, 0.15) is 6.17 Å². The molecule has 1 unspecified atom stereocenters. The van der Waals surface area contributed by atoms with Crippen molar-refractivity contribution in [3.05, 3.63) is 63.6 Å². The first-order valence-electron chi connectivity index (χ1n) is 7.12. The van der Waals surface area contributed by atoms with Crippen LogP contribution in [0.3, 0.4) is 0 Å². The third kappa shape index (κ3) is 6.44. The zero-order valence-corrected chi connectivity index (χ0v) is 18.3. The second kappa shape index (κ2) is 9.44. The number of benzene rings is 2. The number of para-hydroxylation sites is 1. The fourth-order valence-corrected chi connectivity index (χ4v) is 3.03. The highest BCUT2D eigenvalue weighted by atomic mass is 79.9. The molecule has 10 heteroatoms. The van der Waals surface area contributed by atoms with E-state index in [1.165, 1.54) is 0 Å². The summed E-state index contributed by atoms with van der Waals surface area (Å²) in [5, 5.41) is 8.86. The van der Waals surface area contributed by atoms with Gasteiger partial charge in [-0.2, -0.15) is 0 Å². The minimum atomic E-state index is -1.85. The Balaban J connectivity index is 2.09. The van der Waals surface area contributed by atoms with Crippen molar-refractivity contribution in [2.24, 2.45) is 0 Å². The number of halogens is 5. The second-order valence-corrected chi connectivity index (χ2v) is 9.14. The van der Waals surface area contributed by atoms with Crippen LogP contribution in [-0.4, -0.2) is 21.0 Å². The predicted octanol–water partition coefficient (Wildman–Crippen LogP) is 5.52. The van der Waals surface area contributed by atoms with Crippen molar-refractivity contribution in [1.29, 1.82) is 0 Å². The van der Waals surface area contributed by atoms with Crippen LogP contribution in [0.1, 0.15) is 10.4 Å². The quantitative estimate of drug-likeness (QED) is 0.285. The van der Waals surface area contributed by atoms with Crippen LogP contribution in [-0.2, 0) is 0 Å². The van der Waals surface area contributed by atoms with Crippen molar-refractivity contribution in [2.75, 3.05) is 5.32 Å². The molecule has 0 spiro atoms. The second-order valence-electron chi connectivity index (χ2n) is 5.04. The van der Waals surface area contributed by atoms with Gasteiger partial charge in [-0.25, -0.2) is 0 Å². The Hall–Kier alpha value is -0.760. The molecular weight excluding hydrogens is 504 g/mol. The normalized spacial score (nSPS) is 12.2. The summed E-state index contributed by atoms with van der Waals surface area (Å²) in [5.41, 5.74) is 0.971. The molecule has 0 aliphatic carbocycles. The lowest BCUT2D eigenvalue weighted by Gasteiger charge is -2.28. The summed E-state index contributed by atoms with van der Waals surface area (Å²) in [5.74, 6) is -0.435. The summed E-state index contributed by atoms with van der Waals surface area (Å²) in [6.45, 7) is 0. The molecule has 0 heterocycles. The maximum atomic E-state index is 12.4. The lowest BCUT2D eigenvalue weighted by molar-refractivity contribution is 0.0934. The van der Waals surface area contributed by atoms with Crippen LogP contribution in [0.15, 0.2) is 53.0 Å². The topological polar surface area (TPSA) is 53.2 Å². The first-order chi connectivity index (χ1) is 12.2. The van der Waals surface area contributed by atoms with Crippen LogP contribution >= 0.6 is 74.6 Å². The van der Waals surface area contributed by atoms with Gasteiger partial charge >= 0.3 is 0 Å². The molecule has 0 saturated heterocycles. The van der Waals surface area contributed by atoms with Gasteiger partial charge in [0.25, 0.3) is 5.91 Å². The highest BCUT2D eigenvalue weighted by molar-refractivity contribution is 9.10. The van der Waals surface area contributed by atoms with Crippen molar-refractivity contribution < 1.29 is 4.79 Å². The van der Waals surface area contributed by atoms with Crippen LogP contribution in [0, 0.1) is 0 Å². The van der Waals surface area contributed by atoms with E-state index in [0.717, 1.165) is 4.47 Å². The molecule has 138 valence electrons. The highest BCUT2D eigenvalue weighted by Gasteiger charge is 2.35. The van der Waals surface area contributed by atoms with Crippen LogP contribution in [0.5, 0.6) is 0 Å². The fourth-order valence-electron chi connectivity index (χ4n) is 1.90. The van der Waals surface area contributed by atoms with E-state index in [-0.39, 0.29) is 5.11 Å². The Morgan fingerprint density at radius 1 is 1.08 bits per heavy atom. The monoisotopic (exact) mass is 513 g/mol. The average Bonchev–Trinajstić information content (AvgIpc) is 2.55. The van der Waals surface area contributed by atoms with Gasteiger partial charge in [0.05, 0.1) is 10.7 Å². The number of amides is 1. The van der Waals surface area contributed by atoms with E-state index in [2.05, 4.69) is 31.9 Å². The molecule has 2 rings (SSSR count). The first kappa shape index (κ1) is 21.5. The molecule has 0 saturated carbocycles. The van der Waals surface area contributed by atoms with Gasteiger partial charge < -0.3 is 16.0 Å². The van der Waals surface area contributed by atoms with Crippen molar-refractivity contribution in [3.8, 4) is 0 Å². The molecule has 0 aliphatic heterocycles. The van der Waals surface area contributed by atoms with E-state index in [0.29, 0.717) is 16.3 Å². The van der Waals surface area contributed by atoms with Gasteiger partial charge in [-0.15, -0.1) is 0 Å². The van der Waals surface area contributed by atoms with Gasteiger partial charge in [0.15, 0.2) is 5.11 Å². The number of carbonyl (C=O) groups excluding carboxylic acids is 1. The zero-order valence-electron chi connectivity index (χ0n) is 12.9. The summed E-state index contributed by atoms with van der Waals surface area (Å²) < 4.78 is -1.10. The molecule has 0 fully saturated rings. The maximum Gasteiger partial charge on any atom is 0.253 e. The van der Waals surface area contributed by atoms with Crippen LogP contribution in [0.25, 0.3) is 0 Å². The van der Waals surface area contributed by atoms with E-state index in [4.69, 9.17) is 58.6 Å². The minimum absolute atomic E-state index is 0.129. The molecule has 4 nitrogen and oxygen atoms in total. The standard InChI is InChI=1S/C16H12BrCl4N3OS/c17-10-5-3-4-9(8-10)13(25)23-14(16(19,20)21)24-15(26)22-12-7-2-1-6-11(12)18/h1-8,14H,(H,23,25)(H2,22,24,26).